The van der Waals surface area contributed by atoms with Crippen molar-refractivity contribution in [2.75, 3.05) is 25.0 Å². The van der Waals surface area contributed by atoms with E-state index < -0.39 is 0 Å². The summed E-state index contributed by atoms with van der Waals surface area (Å²) in [4.78, 5) is 2.54. The van der Waals surface area contributed by atoms with Crippen molar-refractivity contribution in [1.29, 1.82) is 0 Å². The van der Waals surface area contributed by atoms with Crippen molar-refractivity contribution in [3.63, 3.8) is 0 Å². The van der Waals surface area contributed by atoms with Gasteiger partial charge in [0, 0.05) is 17.9 Å². The van der Waals surface area contributed by atoms with Crippen LogP contribution in [0.5, 0.6) is 0 Å². The molecule has 0 amide bonds. The Kier molecular flexibility index (Phi) is 5.29. The average molecular weight is 250 g/mol. The predicted molar refractivity (Wildman–Crippen MR) is 59.5 cm³/mol. The average Bonchev–Trinajstić information content (AvgIpc) is 2.11. The van der Waals surface area contributed by atoms with Crippen LogP contribution in [0.25, 0.3) is 0 Å². The quantitative estimate of drug-likeness (QED) is 0.560. The Morgan fingerprint density at radius 2 is 2.15 bits per heavy atom. The minimum atomic E-state index is 0.417. The molecule has 3 heteroatoms. The maximum atomic E-state index is 5.58. The molecule has 0 aliphatic carbocycles. The first kappa shape index (κ1) is 11.5. The first-order valence-corrected chi connectivity index (χ1v) is 6.27. The molecule has 1 rings (SSSR count). The van der Waals surface area contributed by atoms with E-state index in [2.05, 4.69) is 34.7 Å². The number of ether oxygens (including phenoxy) is 1. The molecule has 0 aromatic rings. The maximum absolute atomic E-state index is 5.58. The minimum Gasteiger partial charge on any atom is -0.376 e. The summed E-state index contributed by atoms with van der Waals surface area (Å²) in [5.74, 6) is 0. The Balaban J connectivity index is 2.21. The third-order valence-electron chi connectivity index (χ3n) is 2.57. The van der Waals surface area contributed by atoms with Gasteiger partial charge >= 0.3 is 0 Å². The lowest BCUT2D eigenvalue weighted by atomic mass is 10.2. The van der Waals surface area contributed by atoms with Crippen LogP contribution < -0.4 is 0 Å². The third-order valence-corrected chi connectivity index (χ3v) is 3.13. The van der Waals surface area contributed by atoms with Crippen molar-refractivity contribution in [3.05, 3.63) is 0 Å². The van der Waals surface area contributed by atoms with Crippen LogP contribution in [0.1, 0.15) is 26.7 Å². The van der Waals surface area contributed by atoms with E-state index in [4.69, 9.17) is 4.74 Å². The molecule has 0 radical (unpaired) electrons. The van der Waals surface area contributed by atoms with Crippen LogP contribution in [-0.4, -0.2) is 42.1 Å². The van der Waals surface area contributed by atoms with Crippen molar-refractivity contribution in [2.24, 2.45) is 0 Å². The molecule has 1 fully saturated rings. The van der Waals surface area contributed by atoms with Gasteiger partial charge in [-0.1, -0.05) is 15.9 Å². The predicted octanol–water partition coefficient (Wildman–Crippen LogP) is 2.27. The van der Waals surface area contributed by atoms with Gasteiger partial charge in [-0.25, -0.2) is 0 Å². The molecule has 1 saturated heterocycles. The van der Waals surface area contributed by atoms with Crippen molar-refractivity contribution in [3.8, 4) is 0 Å². The van der Waals surface area contributed by atoms with E-state index in [9.17, 15) is 0 Å². The zero-order valence-electron chi connectivity index (χ0n) is 8.63. The highest BCUT2D eigenvalue weighted by Crippen LogP contribution is 2.12. The van der Waals surface area contributed by atoms with E-state index in [1.165, 1.54) is 19.4 Å². The van der Waals surface area contributed by atoms with Crippen LogP contribution in [0.15, 0.2) is 0 Å². The maximum Gasteiger partial charge on any atom is 0.0674 e. The first-order valence-electron chi connectivity index (χ1n) is 5.15. The molecule has 2 atom stereocenters. The van der Waals surface area contributed by atoms with Crippen LogP contribution in [0.2, 0.25) is 0 Å². The summed E-state index contributed by atoms with van der Waals surface area (Å²) in [7, 11) is 0. The third kappa shape index (κ3) is 3.96. The van der Waals surface area contributed by atoms with Crippen LogP contribution in [-0.2, 0) is 4.74 Å². The van der Waals surface area contributed by atoms with E-state index in [1.807, 2.05) is 0 Å². The summed E-state index contributed by atoms with van der Waals surface area (Å²) in [6.07, 6.45) is 2.99. The Labute approximate surface area is 89.8 Å². The van der Waals surface area contributed by atoms with Crippen molar-refractivity contribution >= 4 is 15.9 Å². The van der Waals surface area contributed by atoms with Gasteiger partial charge in [0.15, 0.2) is 0 Å². The molecule has 0 saturated carbocycles. The first-order chi connectivity index (χ1) is 6.24. The summed E-state index contributed by atoms with van der Waals surface area (Å²) in [6.45, 7) is 7.63. The lowest BCUT2D eigenvalue weighted by molar-refractivity contribution is -0.0494. The Morgan fingerprint density at radius 1 is 1.38 bits per heavy atom. The largest absolute Gasteiger partial charge is 0.376 e. The van der Waals surface area contributed by atoms with E-state index in [1.54, 1.807) is 0 Å². The molecule has 0 aromatic carbocycles. The number of hydrogen-bond acceptors (Lipinski definition) is 2. The molecule has 1 aliphatic rings. The SMILES string of the molecule is CC1CN(CCCCBr)C(C)CO1. The molecular weight excluding hydrogens is 230 g/mol. The monoisotopic (exact) mass is 249 g/mol. The molecule has 2 nitrogen and oxygen atoms in total. The zero-order valence-corrected chi connectivity index (χ0v) is 10.2. The summed E-state index contributed by atoms with van der Waals surface area (Å²) < 4.78 is 5.58. The normalized spacial score (nSPS) is 30.7. The number of unbranched alkanes of at least 4 members (excludes halogenated alkanes) is 1. The topological polar surface area (TPSA) is 12.5 Å². The number of nitrogens with zero attached hydrogens (tertiary/aromatic N) is 1. The van der Waals surface area contributed by atoms with Gasteiger partial charge in [-0.2, -0.15) is 0 Å². The molecule has 0 aromatic heterocycles. The number of alkyl halides is 1. The summed E-state index contributed by atoms with van der Waals surface area (Å²) in [5.41, 5.74) is 0. The van der Waals surface area contributed by atoms with Gasteiger partial charge in [0.1, 0.15) is 0 Å². The smallest absolute Gasteiger partial charge is 0.0674 e. The lowest BCUT2D eigenvalue weighted by Crippen LogP contribution is -2.47. The number of halogens is 1. The van der Waals surface area contributed by atoms with E-state index >= 15 is 0 Å². The fraction of sp³-hybridized carbons (Fsp3) is 1.00. The van der Waals surface area contributed by atoms with Crippen molar-refractivity contribution in [2.45, 2.75) is 38.8 Å². The molecular formula is C10H20BrNO. The van der Waals surface area contributed by atoms with Crippen LogP contribution in [0, 0.1) is 0 Å². The van der Waals surface area contributed by atoms with Crippen LogP contribution in [0.3, 0.4) is 0 Å². The zero-order chi connectivity index (χ0) is 9.68. The van der Waals surface area contributed by atoms with Gasteiger partial charge in [0.05, 0.1) is 12.7 Å². The molecule has 0 N–H and O–H groups in total. The summed E-state index contributed by atoms with van der Waals surface area (Å²) in [6, 6.07) is 0.603. The van der Waals surface area contributed by atoms with Gasteiger partial charge in [-0.15, -0.1) is 0 Å². The Hall–Kier alpha value is 0.400. The highest BCUT2D eigenvalue weighted by Gasteiger charge is 2.22. The van der Waals surface area contributed by atoms with Gasteiger partial charge in [-0.3, -0.25) is 4.90 Å². The van der Waals surface area contributed by atoms with Crippen LogP contribution >= 0.6 is 15.9 Å². The lowest BCUT2D eigenvalue weighted by Gasteiger charge is -2.36. The fourth-order valence-corrected chi connectivity index (χ4v) is 2.09. The number of morpholine rings is 1. The number of rotatable bonds is 4. The van der Waals surface area contributed by atoms with Gasteiger partial charge in [0.25, 0.3) is 0 Å². The second-order valence-electron chi connectivity index (χ2n) is 3.88. The van der Waals surface area contributed by atoms with E-state index in [0.717, 1.165) is 18.5 Å². The molecule has 78 valence electrons. The fourth-order valence-electron chi connectivity index (χ4n) is 1.69. The molecule has 0 bridgehead atoms. The molecule has 1 aliphatic heterocycles. The molecule has 0 spiro atoms. The van der Waals surface area contributed by atoms with Gasteiger partial charge in [0.2, 0.25) is 0 Å². The second-order valence-corrected chi connectivity index (χ2v) is 4.68. The van der Waals surface area contributed by atoms with Gasteiger partial charge < -0.3 is 4.74 Å². The number of hydrogen-bond donors (Lipinski definition) is 0. The highest BCUT2D eigenvalue weighted by atomic mass is 79.9. The summed E-state index contributed by atoms with van der Waals surface area (Å²) >= 11 is 3.46. The van der Waals surface area contributed by atoms with Crippen molar-refractivity contribution in [1.82, 2.24) is 4.90 Å². The minimum absolute atomic E-state index is 0.417. The molecule has 13 heavy (non-hydrogen) atoms. The Morgan fingerprint density at radius 3 is 2.85 bits per heavy atom. The molecule has 1 heterocycles. The second kappa shape index (κ2) is 5.99. The standard InChI is InChI=1S/C10H20BrNO/c1-9-8-13-10(2)7-12(9)6-4-3-5-11/h9-10H,3-8H2,1-2H3. The molecule has 2 unspecified atom stereocenters. The van der Waals surface area contributed by atoms with Gasteiger partial charge in [-0.05, 0) is 33.2 Å². The van der Waals surface area contributed by atoms with E-state index in [-0.39, 0.29) is 0 Å². The van der Waals surface area contributed by atoms with E-state index in [0.29, 0.717) is 12.1 Å². The summed E-state index contributed by atoms with van der Waals surface area (Å²) in [5, 5.41) is 1.13. The van der Waals surface area contributed by atoms with Crippen molar-refractivity contribution < 1.29 is 4.74 Å². The Bertz CT molecular complexity index is 143. The highest BCUT2D eigenvalue weighted by molar-refractivity contribution is 9.09. The van der Waals surface area contributed by atoms with Crippen LogP contribution in [0.4, 0.5) is 0 Å².